The third-order valence-electron chi connectivity index (χ3n) is 1.24. The summed E-state index contributed by atoms with van der Waals surface area (Å²) in [7, 11) is 0. The molecule has 0 saturated heterocycles. The zero-order valence-corrected chi connectivity index (χ0v) is 5.74. The lowest BCUT2D eigenvalue weighted by Gasteiger charge is -1.83. The van der Waals surface area contributed by atoms with Gasteiger partial charge in [-0.05, 0) is 10.3 Å². The van der Waals surface area contributed by atoms with Gasteiger partial charge in [-0.3, -0.25) is 4.98 Å². The maximum absolute atomic E-state index is 10.6. The van der Waals surface area contributed by atoms with Gasteiger partial charge in [0.1, 0.15) is 0 Å². The molecule has 0 fully saturated rings. The second kappa shape index (κ2) is 2.19. The molecule has 8 nitrogen and oxygen atoms in total. The minimum absolute atomic E-state index is 0.0813. The molecule has 0 bridgehead atoms. The predicted molar refractivity (Wildman–Crippen MR) is 36.9 cm³/mol. The van der Waals surface area contributed by atoms with Crippen LogP contribution >= 0.6 is 0 Å². The number of nitrogens with two attached hydrogens (primary N) is 1. The first kappa shape index (κ1) is 6.58. The highest BCUT2D eigenvalue weighted by Crippen LogP contribution is 2.14. The van der Waals surface area contributed by atoms with Gasteiger partial charge in [0, 0.05) is 0 Å². The Morgan fingerprint density at radius 3 is 2.75 bits per heavy atom. The van der Waals surface area contributed by atoms with E-state index in [0.717, 1.165) is 0 Å². The molecular formula is C4H4N6O2. The first-order valence-corrected chi connectivity index (χ1v) is 3.00. The molecule has 12 heavy (non-hydrogen) atoms. The SMILES string of the molecule is Nc1nonc1-c1n[nH]c(=O)[nH]1. The Labute approximate surface area is 64.7 Å². The van der Waals surface area contributed by atoms with Gasteiger partial charge < -0.3 is 5.73 Å². The van der Waals surface area contributed by atoms with Crippen molar-refractivity contribution < 1.29 is 4.63 Å². The van der Waals surface area contributed by atoms with Crippen molar-refractivity contribution in [1.82, 2.24) is 25.5 Å². The fourth-order valence-electron chi connectivity index (χ4n) is 0.742. The molecule has 2 aromatic heterocycles. The third-order valence-corrected chi connectivity index (χ3v) is 1.24. The Morgan fingerprint density at radius 2 is 2.25 bits per heavy atom. The first-order chi connectivity index (χ1) is 5.77. The molecule has 0 aliphatic heterocycles. The standard InChI is InChI=1S/C4H4N6O2/c5-2-1(9-12-10-2)3-6-4(11)8-7-3/h(H2,5,10)(H2,6,7,8,11). The van der Waals surface area contributed by atoms with E-state index in [0.29, 0.717) is 0 Å². The zero-order chi connectivity index (χ0) is 8.55. The molecule has 0 saturated carbocycles. The molecule has 0 unspecified atom stereocenters. The topological polar surface area (TPSA) is 126 Å². The Morgan fingerprint density at radius 1 is 1.42 bits per heavy atom. The summed E-state index contributed by atoms with van der Waals surface area (Å²) in [4.78, 5) is 13.0. The molecule has 8 heteroatoms. The number of aromatic amines is 2. The fourth-order valence-corrected chi connectivity index (χ4v) is 0.742. The molecule has 2 rings (SSSR count). The van der Waals surface area contributed by atoms with Crippen LogP contribution in [0, 0.1) is 0 Å². The van der Waals surface area contributed by atoms with Gasteiger partial charge >= 0.3 is 5.69 Å². The van der Waals surface area contributed by atoms with Crippen molar-refractivity contribution in [3.05, 3.63) is 10.5 Å². The van der Waals surface area contributed by atoms with Crippen molar-refractivity contribution >= 4 is 5.82 Å². The van der Waals surface area contributed by atoms with Gasteiger partial charge in [-0.25, -0.2) is 14.5 Å². The number of anilines is 1. The number of rotatable bonds is 1. The Hall–Kier alpha value is -2.12. The lowest BCUT2D eigenvalue weighted by molar-refractivity contribution is 0.310. The maximum atomic E-state index is 10.6. The van der Waals surface area contributed by atoms with E-state index >= 15 is 0 Å². The highest BCUT2D eigenvalue weighted by atomic mass is 16.6. The highest BCUT2D eigenvalue weighted by molar-refractivity contribution is 5.61. The van der Waals surface area contributed by atoms with E-state index in [9.17, 15) is 4.79 Å². The van der Waals surface area contributed by atoms with Gasteiger partial charge in [-0.2, -0.15) is 5.10 Å². The Bertz CT molecular complexity index is 438. The van der Waals surface area contributed by atoms with Crippen LogP contribution in [-0.2, 0) is 0 Å². The largest absolute Gasteiger partial charge is 0.379 e. The quantitative estimate of drug-likeness (QED) is 0.487. The molecule has 0 aliphatic rings. The molecule has 0 aliphatic carbocycles. The summed E-state index contributed by atoms with van der Waals surface area (Å²) in [5, 5.41) is 12.5. The number of hydrogen-bond donors (Lipinski definition) is 3. The number of aromatic nitrogens is 5. The summed E-state index contributed by atoms with van der Waals surface area (Å²) in [5.41, 5.74) is 5.12. The number of nitrogens with one attached hydrogen (secondary N) is 2. The van der Waals surface area contributed by atoms with Crippen LogP contribution in [0.5, 0.6) is 0 Å². The molecule has 4 N–H and O–H groups in total. The number of nitrogen functional groups attached to an aromatic ring is 1. The fraction of sp³-hybridized carbons (Fsp3) is 0. The number of nitrogens with zero attached hydrogens (tertiary/aromatic N) is 3. The Balaban J connectivity index is 2.57. The van der Waals surface area contributed by atoms with Crippen molar-refractivity contribution in [1.29, 1.82) is 0 Å². The van der Waals surface area contributed by atoms with E-state index in [-0.39, 0.29) is 17.3 Å². The van der Waals surface area contributed by atoms with E-state index in [4.69, 9.17) is 5.73 Å². The predicted octanol–water partition coefficient (Wildman–Crippen LogP) is -1.27. The summed E-state index contributed by atoms with van der Waals surface area (Å²) < 4.78 is 4.31. The molecule has 2 heterocycles. The Kier molecular flexibility index (Phi) is 1.20. The van der Waals surface area contributed by atoms with Gasteiger partial charge in [-0.15, -0.1) is 0 Å². The van der Waals surface area contributed by atoms with Crippen molar-refractivity contribution in [3.63, 3.8) is 0 Å². The molecule has 0 spiro atoms. The molecule has 0 atom stereocenters. The summed E-state index contributed by atoms with van der Waals surface area (Å²) in [6, 6.07) is 0. The van der Waals surface area contributed by atoms with Gasteiger partial charge in [0.05, 0.1) is 0 Å². The molecular weight excluding hydrogens is 164 g/mol. The lowest BCUT2D eigenvalue weighted by Crippen LogP contribution is -2.00. The monoisotopic (exact) mass is 168 g/mol. The van der Waals surface area contributed by atoms with E-state index in [1.165, 1.54) is 0 Å². The summed E-state index contributed by atoms with van der Waals surface area (Å²) >= 11 is 0. The van der Waals surface area contributed by atoms with E-state index in [1.54, 1.807) is 0 Å². The highest BCUT2D eigenvalue weighted by Gasteiger charge is 2.11. The van der Waals surface area contributed by atoms with Crippen LogP contribution in [0.15, 0.2) is 9.42 Å². The molecule has 2 aromatic rings. The summed E-state index contributed by atoms with van der Waals surface area (Å²) in [6.45, 7) is 0. The van der Waals surface area contributed by atoms with Crippen molar-refractivity contribution in [3.8, 4) is 11.5 Å². The second-order valence-corrected chi connectivity index (χ2v) is 2.02. The lowest BCUT2D eigenvalue weighted by atomic mass is 10.4. The molecule has 0 amide bonds. The van der Waals surface area contributed by atoms with Crippen molar-refractivity contribution in [2.45, 2.75) is 0 Å². The smallest absolute Gasteiger partial charge is 0.340 e. The van der Waals surface area contributed by atoms with Gasteiger partial charge in [0.15, 0.2) is 17.3 Å². The second-order valence-electron chi connectivity index (χ2n) is 2.02. The van der Waals surface area contributed by atoms with Crippen LogP contribution in [0.3, 0.4) is 0 Å². The van der Waals surface area contributed by atoms with Crippen LogP contribution in [-0.4, -0.2) is 25.5 Å². The van der Waals surface area contributed by atoms with Crippen LogP contribution in [0.4, 0.5) is 5.82 Å². The average Bonchev–Trinajstić information content (AvgIpc) is 2.58. The minimum atomic E-state index is -0.438. The zero-order valence-electron chi connectivity index (χ0n) is 5.74. The third kappa shape index (κ3) is 0.856. The number of hydrogen-bond acceptors (Lipinski definition) is 6. The summed E-state index contributed by atoms with van der Waals surface area (Å²) in [5.74, 6) is 0.288. The molecule has 0 radical (unpaired) electrons. The molecule has 62 valence electrons. The summed E-state index contributed by atoms with van der Waals surface area (Å²) in [6.07, 6.45) is 0. The normalized spacial score (nSPS) is 10.3. The van der Waals surface area contributed by atoms with Gasteiger partial charge in [-0.1, -0.05) is 0 Å². The minimum Gasteiger partial charge on any atom is -0.379 e. The average molecular weight is 168 g/mol. The van der Waals surface area contributed by atoms with E-state index in [1.807, 2.05) is 0 Å². The molecule has 0 aromatic carbocycles. The van der Waals surface area contributed by atoms with E-state index in [2.05, 4.69) is 30.1 Å². The van der Waals surface area contributed by atoms with Crippen LogP contribution in [0.1, 0.15) is 0 Å². The maximum Gasteiger partial charge on any atom is 0.340 e. The van der Waals surface area contributed by atoms with E-state index < -0.39 is 5.69 Å². The van der Waals surface area contributed by atoms with Crippen LogP contribution in [0.25, 0.3) is 11.5 Å². The van der Waals surface area contributed by atoms with Crippen molar-refractivity contribution in [2.24, 2.45) is 0 Å². The van der Waals surface area contributed by atoms with Crippen molar-refractivity contribution in [2.75, 3.05) is 5.73 Å². The van der Waals surface area contributed by atoms with Crippen LogP contribution < -0.4 is 11.4 Å². The van der Waals surface area contributed by atoms with Crippen LogP contribution in [0.2, 0.25) is 0 Å². The van der Waals surface area contributed by atoms with Gasteiger partial charge in [0.25, 0.3) is 0 Å². The first-order valence-electron chi connectivity index (χ1n) is 3.00. The van der Waals surface area contributed by atoms with Gasteiger partial charge in [0.2, 0.25) is 0 Å². The number of H-pyrrole nitrogens is 2.